The number of amides is 2. The largest absolute Gasteiger partial charge is 0.454 e. The summed E-state index contributed by atoms with van der Waals surface area (Å²) in [6.07, 6.45) is 2.20. The van der Waals surface area contributed by atoms with Crippen LogP contribution in [0, 0.1) is 0 Å². The van der Waals surface area contributed by atoms with Crippen LogP contribution >= 0.6 is 0 Å². The van der Waals surface area contributed by atoms with E-state index in [2.05, 4.69) is 10.2 Å². The summed E-state index contributed by atoms with van der Waals surface area (Å²) in [5.74, 6) is 1.39. The molecule has 0 radical (unpaired) electrons. The first-order valence-corrected chi connectivity index (χ1v) is 8.40. The van der Waals surface area contributed by atoms with E-state index >= 15 is 0 Å². The fourth-order valence-corrected chi connectivity index (χ4v) is 3.03. The van der Waals surface area contributed by atoms with Crippen LogP contribution < -0.4 is 14.8 Å². The third-order valence-corrected chi connectivity index (χ3v) is 4.59. The van der Waals surface area contributed by atoms with Crippen molar-refractivity contribution in [2.24, 2.45) is 0 Å². The molecule has 2 fully saturated rings. The Hall–Kier alpha value is -2.28. The molecule has 0 unspecified atom stereocenters. The molecule has 1 saturated carbocycles. The highest BCUT2D eigenvalue weighted by atomic mass is 16.7. The fourth-order valence-electron chi connectivity index (χ4n) is 3.03. The van der Waals surface area contributed by atoms with E-state index in [1.807, 2.05) is 4.90 Å². The Kier molecular flexibility index (Phi) is 4.02. The quantitative estimate of drug-likeness (QED) is 0.867. The van der Waals surface area contributed by atoms with Crippen LogP contribution in [-0.4, -0.2) is 67.2 Å². The van der Waals surface area contributed by atoms with Crippen molar-refractivity contribution in [1.82, 2.24) is 15.1 Å². The maximum atomic E-state index is 12.6. The second kappa shape index (κ2) is 6.32. The summed E-state index contributed by atoms with van der Waals surface area (Å²) in [7, 11) is 0. The smallest absolute Gasteiger partial charge is 0.254 e. The number of ether oxygens (including phenoxy) is 2. The molecule has 2 aliphatic heterocycles. The summed E-state index contributed by atoms with van der Waals surface area (Å²) in [6, 6.07) is 5.67. The molecule has 0 spiro atoms. The van der Waals surface area contributed by atoms with E-state index in [-0.39, 0.29) is 18.6 Å². The third kappa shape index (κ3) is 3.31. The number of nitrogens with zero attached hydrogens (tertiary/aromatic N) is 2. The molecule has 2 heterocycles. The van der Waals surface area contributed by atoms with Gasteiger partial charge in [-0.1, -0.05) is 0 Å². The molecule has 1 aliphatic carbocycles. The lowest BCUT2D eigenvalue weighted by atomic mass is 10.1. The Morgan fingerprint density at radius 1 is 1.08 bits per heavy atom. The predicted octanol–water partition coefficient (Wildman–Crippen LogP) is 0.452. The van der Waals surface area contributed by atoms with Crippen molar-refractivity contribution >= 4 is 11.8 Å². The number of piperazine rings is 1. The summed E-state index contributed by atoms with van der Waals surface area (Å²) < 4.78 is 10.6. The van der Waals surface area contributed by atoms with Crippen LogP contribution in [0.25, 0.3) is 0 Å². The molecule has 7 nitrogen and oxygen atoms in total. The molecule has 1 saturated heterocycles. The van der Waals surface area contributed by atoms with Gasteiger partial charge in [-0.3, -0.25) is 14.5 Å². The molecule has 0 aromatic heterocycles. The third-order valence-electron chi connectivity index (χ3n) is 4.59. The number of hydrogen-bond acceptors (Lipinski definition) is 5. The first-order chi connectivity index (χ1) is 11.7. The Balaban J connectivity index is 1.30. The Bertz CT molecular complexity index is 651. The van der Waals surface area contributed by atoms with Crippen molar-refractivity contribution in [3.63, 3.8) is 0 Å². The first-order valence-electron chi connectivity index (χ1n) is 8.40. The summed E-state index contributed by atoms with van der Waals surface area (Å²) in [6.45, 7) is 3.31. The van der Waals surface area contributed by atoms with E-state index in [0.717, 1.165) is 12.8 Å². The van der Waals surface area contributed by atoms with Crippen molar-refractivity contribution in [3.05, 3.63) is 23.8 Å². The average Bonchev–Trinajstić information content (AvgIpc) is 3.27. The van der Waals surface area contributed by atoms with Crippen molar-refractivity contribution in [3.8, 4) is 11.5 Å². The lowest BCUT2D eigenvalue weighted by molar-refractivity contribution is -0.122. The van der Waals surface area contributed by atoms with Crippen LogP contribution in [0.5, 0.6) is 11.5 Å². The van der Waals surface area contributed by atoms with Gasteiger partial charge in [-0.15, -0.1) is 0 Å². The highest BCUT2D eigenvalue weighted by molar-refractivity contribution is 5.95. The molecule has 0 bridgehead atoms. The van der Waals surface area contributed by atoms with Gasteiger partial charge in [-0.25, -0.2) is 0 Å². The van der Waals surface area contributed by atoms with Crippen LogP contribution in [0.4, 0.5) is 0 Å². The van der Waals surface area contributed by atoms with E-state index in [1.165, 1.54) is 0 Å². The Morgan fingerprint density at radius 2 is 1.83 bits per heavy atom. The SMILES string of the molecule is O=C(CN1CCN(C(=O)c2ccc3c(c2)OCO3)CC1)NC1CC1. The molecule has 0 atom stereocenters. The average molecular weight is 331 g/mol. The molecule has 3 aliphatic rings. The van der Waals surface area contributed by atoms with Crippen LogP contribution in [0.2, 0.25) is 0 Å². The van der Waals surface area contributed by atoms with Gasteiger partial charge in [-0.05, 0) is 31.0 Å². The number of carbonyl (C=O) groups excluding carboxylic acids is 2. The summed E-state index contributed by atoms with van der Waals surface area (Å²) in [4.78, 5) is 28.4. The van der Waals surface area contributed by atoms with Crippen molar-refractivity contribution < 1.29 is 19.1 Å². The normalized spacial score (nSPS) is 20.1. The number of rotatable bonds is 4. The molecule has 24 heavy (non-hydrogen) atoms. The zero-order chi connectivity index (χ0) is 16.5. The minimum Gasteiger partial charge on any atom is -0.454 e. The lowest BCUT2D eigenvalue weighted by Crippen LogP contribution is -2.51. The van der Waals surface area contributed by atoms with Gasteiger partial charge in [0.25, 0.3) is 5.91 Å². The number of benzene rings is 1. The van der Waals surface area contributed by atoms with E-state index in [1.54, 1.807) is 18.2 Å². The van der Waals surface area contributed by atoms with Crippen molar-refractivity contribution in [1.29, 1.82) is 0 Å². The molecule has 7 heteroatoms. The van der Waals surface area contributed by atoms with Gasteiger partial charge in [0, 0.05) is 37.8 Å². The van der Waals surface area contributed by atoms with E-state index in [4.69, 9.17) is 9.47 Å². The lowest BCUT2D eigenvalue weighted by Gasteiger charge is -2.34. The van der Waals surface area contributed by atoms with Gasteiger partial charge in [0.15, 0.2) is 11.5 Å². The van der Waals surface area contributed by atoms with E-state index < -0.39 is 0 Å². The van der Waals surface area contributed by atoms with Gasteiger partial charge in [0.1, 0.15) is 0 Å². The summed E-state index contributed by atoms with van der Waals surface area (Å²) in [5, 5.41) is 3.00. The maximum absolute atomic E-state index is 12.6. The van der Waals surface area contributed by atoms with Gasteiger partial charge in [0.2, 0.25) is 12.7 Å². The van der Waals surface area contributed by atoms with Crippen LogP contribution in [0.1, 0.15) is 23.2 Å². The highest BCUT2D eigenvalue weighted by Gasteiger charge is 2.27. The van der Waals surface area contributed by atoms with Gasteiger partial charge >= 0.3 is 0 Å². The molecule has 1 N–H and O–H groups in total. The van der Waals surface area contributed by atoms with Crippen LogP contribution in [-0.2, 0) is 4.79 Å². The second-order valence-corrected chi connectivity index (χ2v) is 6.48. The monoisotopic (exact) mass is 331 g/mol. The number of fused-ring (bicyclic) bond motifs is 1. The van der Waals surface area contributed by atoms with Crippen LogP contribution in [0.15, 0.2) is 18.2 Å². The topological polar surface area (TPSA) is 71.1 Å². The molecule has 128 valence electrons. The Morgan fingerprint density at radius 3 is 2.58 bits per heavy atom. The van der Waals surface area contributed by atoms with Gasteiger partial charge < -0.3 is 19.7 Å². The second-order valence-electron chi connectivity index (χ2n) is 6.48. The predicted molar refractivity (Wildman–Crippen MR) is 86.1 cm³/mol. The first kappa shape index (κ1) is 15.3. The molecule has 1 aromatic rings. The van der Waals surface area contributed by atoms with Gasteiger partial charge in [0.05, 0.1) is 6.54 Å². The van der Waals surface area contributed by atoms with Crippen molar-refractivity contribution in [2.75, 3.05) is 39.5 Å². The number of nitrogens with one attached hydrogen (secondary N) is 1. The fraction of sp³-hybridized carbons (Fsp3) is 0.529. The minimum absolute atomic E-state index is 0.00428. The molecular formula is C17H21N3O4. The Labute approximate surface area is 140 Å². The standard InChI is InChI=1S/C17H21N3O4/c21-16(18-13-2-3-13)10-19-5-7-20(8-6-19)17(22)12-1-4-14-15(9-12)24-11-23-14/h1,4,9,13H,2-3,5-8,10-11H2,(H,18,21). The highest BCUT2D eigenvalue weighted by Crippen LogP contribution is 2.32. The zero-order valence-corrected chi connectivity index (χ0v) is 13.5. The maximum Gasteiger partial charge on any atom is 0.254 e. The molecule has 2 amide bonds. The minimum atomic E-state index is -0.00428. The molecule has 1 aromatic carbocycles. The van der Waals surface area contributed by atoms with Gasteiger partial charge in [-0.2, -0.15) is 0 Å². The number of hydrogen-bond donors (Lipinski definition) is 1. The van der Waals surface area contributed by atoms with Crippen molar-refractivity contribution in [2.45, 2.75) is 18.9 Å². The molecular weight excluding hydrogens is 310 g/mol. The summed E-state index contributed by atoms with van der Waals surface area (Å²) in [5.41, 5.74) is 0.610. The molecule has 4 rings (SSSR count). The van der Waals surface area contributed by atoms with Crippen LogP contribution in [0.3, 0.4) is 0 Å². The zero-order valence-electron chi connectivity index (χ0n) is 13.5. The summed E-state index contributed by atoms with van der Waals surface area (Å²) >= 11 is 0. The van der Waals surface area contributed by atoms with E-state index in [9.17, 15) is 9.59 Å². The van der Waals surface area contributed by atoms with E-state index in [0.29, 0.717) is 55.8 Å². The number of carbonyl (C=O) groups is 2.